The van der Waals surface area contributed by atoms with E-state index in [1.807, 2.05) is 0 Å². The number of para-hydroxylation sites is 1. The highest BCUT2D eigenvalue weighted by Crippen LogP contribution is 2.45. The molecule has 0 aliphatic carbocycles. The average molecular weight is 368 g/mol. The second kappa shape index (κ2) is 5.45. The maximum atomic E-state index is 13.7. The number of hydrogen-bond acceptors (Lipinski definition) is 1. The topological polar surface area (TPSA) is 41.7 Å². The highest BCUT2D eigenvalue weighted by Gasteiger charge is 2.73. The van der Waals surface area contributed by atoms with Crippen molar-refractivity contribution in [2.24, 2.45) is 22.7 Å². The third-order valence-electron chi connectivity index (χ3n) is 8.33. The first-order valence-electron chi connectivity index (χ1n) is 10.6. The van der Waals surface area contributed by atoms with Crippen molar-refractivity contribution in [2.75, 3.05) is 26.2 Å². The van der Waals surface area contributed by atoms with Gasteiger partial charge in [-0.05, 0) is 24.8 Å². The number of aromatic nitrogens is 1. The first kappa shape index (κ1) is 17.4. The molecular weight excluding hydrogens is 334 g/mol. The van der Waals surface area contributed by atoms with Crippen LogP contribution in [0.25, 0.3) is 10.9 Å². The van der Waals surface area contributed by atoms with Gasteiger partial charge in [-0.1, -0.05) is 45.9 Å². The van der Waals surface area contributed by atoms with E-state index in [1.54, 1.807) is 9.80 Å². The first-order chi connectivity index (χ1) is 12.8. The number of aryl methyl sites for hydroxylation is 1. The van der Waals surface area contributed by atoms with Crippen molar-refractivity contribution in [1.82, 2.24) is 4.98 Å². The Bertz CT molecular complexity index is 879. The number of Topliss-reactive ketones (excluding diaryl/α,β-unsaturated/α-hetero) is 1. The molecule has 5 heterocycles. The number of fused-ring (bicyclic) bond motifs is 1. The number of benzene rings is 1. The van der Waals surface area contributed by atoms with Gasteiger partial charge in [0, 0.05) is 16.6 Å². The summed E-state index contributed by atoms with van der Waals surface area (Å²) < 4.78 is 0. The second-order valence-corrected chi connectivity index (χ2v) is 10.1. The number of carbonyl (C=O) groups excluding carboxylic acids is 1. The van der Waals surface area contributed by atoms with Crippen LogP contribution < -0.4 is 9.80 Å². The fraction of sp³-hybridized carbons (Fsp3) is 0.609. The molecule has 4 aliphatic heterocycles. The van der Waals surface area contributed by atoms with E-state index in [1.165, 1.54) is 22.2 Å². The van der Waals surface area contributed by atoms with Gasteiger partial charge in [0.1, 0.15) is 37.0 Å². The van der Waals surface area contributed by atoms with Gasteiger partial charge in [0.05, 0.1) is 5.56 Å². The lowest BCUT2D eigenvalue weighted by atomic mass is 9.53. The predicted octanol–water partition coefficient (Wildman–Crippen LogP) is 1.14. The van der Waals surface area contributed by atoms with E-state index in [0.29, 0.717) is 23.8 Å². The van der Waals surface area contributed by atoms with E-state index < -0.39 is 0 Å². The van der Waals surface area contributed by atoms with E-state index in [2.05, 4.69) is 63.9 Å². The highest BCUT2D eigenvalue weighted by molar-refractivity contribution is 5.92. The number of carbonyl (C=O) groups is 1. The molecule has 0 atom stereocenters. The molecule has 0 unspecified atom stereocenters. The van der Waals surface area contributed by atoms with Crippen molar-refractivity contribution in [1.29, 1.82) is 0 Å². The van der Waals surface area contributed by atoms with Gasteiger partial charge < -0.3 is 4.98 Å². The summed E-state index contributed by atoms with van der Waals surface area (Å²) in [7, 11) is 0. The second-order valence-electron chi connectivity index (χ2n) is 10.1. The zero-order valence-corrected chi connectivity index (χ0v) is 17.3. The van der Waals surface area contributed by atoms with Gasteiger partial charge in [-0.3, -0.25) is 14.6 Å². The van der Waals surface area contributed by atoms with Crippen molar-refractivity contribution < 1.29 is 14.6 Å². The van der Waals surface area contributed by atoms with E-state index in [4.69, 9.17) is 0 Å². The van der Waals surface area contributed by atoms with Crippen molar-refractivity contribution in [2.45, 2.75) is 40.8 Å². The Labute approximate surface area is 161 Å². The summed E-state index contributed by atoms with van der Waals surface area (Å²) in [5.41, 5.74) is 3.76. The quantitative estimate of drug-likeness (QED) is 0.748. The number of nitrogens with one attached hydrogen (secondary N) is 3. The minimum Gasteiger partial charge on any atom is -0.358 e. The molecule has 4 bridgehead atoms. The molecule has 3 N–H and O–H groups in total. The van der Waals surface area contributed by atoms with Crippen molar-refractivity contribution in [3.8, 4) is 0 Å². The SMILES string of the molecule is Cc1[nH]c2ccccc2c1C1[NH+]2CC3(C(C)C)C[NH+]1CC(C(C)C)(C2)C3=O. The Morgan fingerprint density at radius 1 is 0.963 bits per heavy atom. The van der Waals surface area contributed by atoms with Crippen LogP contribution in [-0.4, -0.2) is 36.9 Å². The molecular formula is C23H33N3O+2. The summed E-state index contributed by atoms with van der Waals surface area (Å²) in [4.78, 5) is 20.6. The molecule has 144 valence electrons. The number of aromatic amines is 1. The third-order valence-corrected chi connectivity index (χ3v) is 8.33. The zero-order valence-electron chi connectivity index (χ0n) is 17.3. The van der Waals surface area contributed by atoms with Crippen molar-refractivity contribution in [3.05, 3.63) is 35.5 Å². The Morgan fingerprint density at radius 2 is 1.48 bits per heavy atom. The van der Waals surface area contributed by atoms with Crippen LogP contribution >= 0.6 is 0 Å². The Balaban J connectivity index is 1.66. The van der Waals surface area contributed by atoms with Crippen LogP contribution in [0.5, 0.6) is 0 Å². The monoisotopic (exact) mass is 367 g/mol. The number of H-pyrrole nitrogens is 1. The number of quaternary nitrogens is 2. The molecule has 6 rings (SSSR count). The van der Waals surface area contributed by atoms with E-state index in [0.717, 1.165) is 26.2 Å². The molecule has 4 heteroatoms. The summed E-state index contributed by atoms with van der Waals surface area (Å²) in [6.07, 6.45) is 0.452. The molecule has 4 fully saturated rings. The molecule has 0 spiro atoms. The number of hydrogen-bond donors (Lipinski definition) is 3. The van der Waals surface area contributed by atoms with Gasteiger partial charge in [0.25, 0.3) is 0 Å². The first-order valence-corrected chi connectivity index (χ1v) is 10.6. The van der Waals surface area contributed by atoms with E-state index >= 15 is 0 Å². The lowest BCUT2D eigenvalue weighted by Gasteiger charge is -2.62. The average Bonchev–Trinajstić information content (AvgIpc) is 2.93. The van der Waals surface area contributed by atoms with E-state index in [9.17, 15) is 4.79 Å². The minimum atomic E-state index is -0.137. The molecule has 27 heavy (non-hydrogen) atoms. The molecule has 1 aromatic carbocycles. The van der Waals surface area contributed by atoms with Crippen LogP contribution in [0.2, 0.25) is 0 Å². The molecule has 0 saturated carbocycles. The predicted molar refractivity (Wildman–Crippen MR) is 107 cm³/mol. The molecule has 0 amide bonds. The number of rotatable bonds is 3. The van der Waals surface area contributed by atoms with Crippen molar-refractivity contribution >= 4 is 16.7 Å². The molecule has 4 nitrogen and oxygen atoms in total. The van der Waals surface area contributed by atoms with Gasteiger partial charge in [-0.2, -0.15) is 0 Å². The zero-order chi connectivity index (χ0) is 19.1. The van der Waals surface area contributed by atoms with Crippen LogP contribution in [0.4, 0.5) is 0 Å². The molecule has 2 aromatic rings. The lowest BCUT2D eigenvalue weighted by molar-refractivity contribution is -1.18. The van der Waals surface area contributed by atoms with E-state index in [-0.39, 0.29) is 10.8 Å². The Morgan fingerprint density at radius 3 is 2.00 bits per heavy atom. The fourth-order valence-corrected chi connectivity index (χ4v) is 6.80. The molecule has 4 saturated heterocycles. The third kappa shape index (κ3) is 2.03. The standard InChI is InChI=1S/C23H31N3O/c1-14(2)22-10-25-12-23(15(3)4,21(22)27)13-26(11-22)20(25)19-16(5)24-18-9-7-6-8-17(18)19/h6-9,14-15,20,24H,10-13H2,1-5H3/p+2. The minimum absolute atomic E-state index is 0.137. The summed E-state index contributed by atoms with van der Waals surface area (Å²) in [5, 5.41) is 1.37. The van der Waals surface area contributed by atoms with Gasteiger partial charge in [0.15, 0.2) is 5.78 Å². The normalized spacial score (nSPS) is 37.9. The molecule has 0 radical (unpaired) electrons. The highest BCUT2D eigenvalue weighted by atomic mass is 16.1. The summed E-state index contributed by atoms with van der Waals surface area (Å²) >= 11 is 0. The van der Waals surface area contributed by atoms with Gasteiger partial charge in [0.2, 0.25) is 6.17 Å². The number of piperidine rings is 2. The van der Waals surface area contributed by atoms with Crippen LogP contribution in [0, 0.1) is 29.6 Å². The van der Waals surface area contributed by atoms with Crippen LogP contribution in [0.3, 0.4) is 0 Å². The van der Waals surface area contributed by atoms with Gasteiger partial charge >= 0.3 is 0 Å². The summed E-state index contributed by atoms with van der Waals surface area (Å²) in [5.74, 6) is 1.42. The maximum absolute atomic E-state index is 13.7. The van der Waals surface area contributed by atoms with Gasteiger partial charge in [-0.25, -0.2) is 0 Å². The van der Waals surface area contributed by atoms with Crippen LogP contribution in [0.15, 0.2) is 24.3 Å². The fourth-order valence-electron chi connectivity index (χ4n) is 6.80. The largest absolute Gasteiger partial charge is 0.358 e. The Hall–Kier alpha value is -1.65. The molecule has 1 aromatic heterocycles. The Kier molecular flexibility index (Phi) is 3.52. The van der Waals surface area contributed by atoms with Crippen LogP contribution in [-0.2, 0) is 4.79 Å². The molecule has 4 aliphatic rings. The van der Waals surface area contributed by atoms with Crippen LogP contribution in [0.1, 0.15) is 45.1 Å². The maximum Gasteiger partial charge on any atom is 0.242 e. The lowest BCUT2D eigenvalue weighted by Crippen LogP contribution is -3.41. The summed E-state index contributed by atoms with van der Waals surface area (Å²) in [6.45, 7) is 15.3. The van der Waals surface area contributed by atoms with Gasteiger partial charge in [-0.15, -0.1) is 0 Å². The smallest absolute Gasteiger partial charge is 0.242 e. The summed E-state index contributed by atoms with van der Waals surface area (Å²) in [6, 6.07) is 8.71. The van der Waals surface area contributed by atoms with Crippen molar-refractivity contribution in [3.63, 3.8) is 0 Å². The number of ketones is 1.